The zero-order chi connectivity index (χ0) is 21.1. The van der Waals surface area contributed by atoms with Gasteiger partial charge in [-0.05, 0) is 41.8 Å². The zero-order valence-electron chi connectivity index (χ0n) is 17.5. The number of para-hydroxylation sites is 1. The van der Waals surface area contributed by atoms with Gasteiger partial charge in [0, 0.05) is 12.6 Å². The molecule has 0 aliphatic heterocycles. The summed E-state index contributed by atoms with van der Waals surface area (Å²) in [7, 11) is 3.56. The first kappa shape index (κ1) is 20.2. The molecule has 2 aromatic heterocycles. The molecule has 0 amide bonds. The Kier molecular flexibility index (Phi) is 5.85. The minimum absolute atomic E-state index is 0.365. The van der Waals surface area contributed by atoms with Crippen molar-refractivity contribution in [3.8, 4) is 22.8 Å². The first-order chi connectivity index (χ1) is 14.6. The molecule has 0 saturated carbocycles. The van der Waals surface area contributed by atoms with E-state index in [2.05, 4.69) is 63.0 Å². The highest BCUT2D eigenvalue weighted by atomic mass is 32.2. The van der Waals surface area contributed by atoms with Crippen LogP contribution in [0.15, 0.2) is 60.0 Å². The predicted molar refractivity (Wildman–Crippen MR) is 118 cm³/mol. The summed E-state index contributed by atoms with van der Waals surface area (Å²) < 4.78 is 9.22. The molecule has 0 aliphatic carbocycles. The molecule has 0 unspecified atom stereocenters. The average Bonchev–Trinajstić information content (AvgIpc) is 3.38. The number of hydrogen-bond donors (Lipinski definition) is 0. The van der Waals surface area contributed by atoms with E-state index in [4.69, 9.17) is 4.74 Å². The number of ether oxygens (including phenoxy) is 1. The highest BCUT2D eigenvalue weighted by molar-refractivity contribution is 7.98. The van der Waals surface area contributed by atoms with E-state index in [1.54, 1.807) is 29.9 Å². The summed E-state index contributed by atoms with van der Waals surface area (Å²) in [5.74, 6) is 3.51. The maximum absolute atomic E-state index is 5.30. The number of methoxy groups -OCH3 is 1. The lowest BCUT2D eigenvalue weighted by atomic mass is 10.0. The Balaban J connectivity index is 1.81. The van der Waals surface area contributed by atoms with Crippen molar-refractivity contribution < 1.29 is 4.74 Å². The second-order valence-corrected chi connectivity index (χ2v) is 8.11. The molecule has 0 saturated heterocycles. The molecule has 0 bridgehead atoms. The number of aromatic nitrogens is 6. The van der Waals surface area contributed by atoms with Gasteiger partial charge in [-0.1, -0.05) is 43.8 Å². The van der Waals surface area contributed by atoms with Crippen LogP contribution in [-0.2, 0) is 12.8 Å². The van der Waals surface area contributed by atoms with Crippen molar-refractivity contribution in [2.24, 2.45) is 7.05 Å². The third-order valence-corrected chi connectivity index (χ3v) is 5.84. The normalized spacial score (nSPS) is 11.2. The summed E-state index contributed by atoms with van der Waals surface area (Å²) in [4.78, 5) is 4.32. The molecule has 7 nitrogen and oxygen atoms in total. The van der Waals surface area contributed by atoms with E-state index in [1.807, 2.05) is 31.3 Å². The zero-order valence-corrected chi connectivity index (χ0v) is 18.3. The van der Waals surface area contributed by atoms with E-state index >= 15 is 0 Å². The minimum atomic E-state index is 0.365. The van der Waals surface area contributed by atoms with E-state index < -0.39 is 0 Å². The number of aryl methyl sites for hydroxylation is 1. The third-order valence-electron chi connectivity index (χ3n) is 4.92. The van der Waals surface area contributed by atoms with Gasteiger partial charge in [-0.3, -0.25) is 9.25 Å². The molecule has 0 aliphatic rings. The molecule has 0 spiro atoms. The van der Waals surface area contributed by atoms with E-state index in [0.717, 1.165) is 33.8 Å². The van der Waals surface area contributed by atoms with Gasteiger partial charge in [0.1, 0.15) is 17.9 Å². The van der Waals surface area contributed by atoms with Gasteiger partial charge in [0.15, 0.2) is 11.0 Å². The van der Waals surface area contributed by atoms with Crippen LogP contribution >= 0.6 is 11.8 Å². The Morgan fingerprint density at radius 3 is 2.47 bits per heavy atom. The van der Waals surface area contributed by atoms with Crippen LogP contribution < -0.4 is 4.74 Å². The van der Waals surface area contributed by atoms with Crippen molar-refractivity contribution in [2.75, 3.05) is 7.11 Å². The molecular formula is C22H24N6OS. The number of thioether (sulfide) groups is 1. The second kappa shape index (κ2) is 8.71. The molecule has 2 heterocycles. The monoisotopic (exact) mass is 420 g/mol. The van der Waals surface area contributed by atoms with E-state index in [0.29, 0.717) is 11.7 Å². The molecule has 4 rings (SSSR count). The molecule has 2 aromatic carbocycles. The van der Waals surface area contributed by atoms with Crippen molar-refractivity contribution in [3.63, 3.8) is 0 Å². The SMILES string of the molecule is COc1ccc(-c2nnc(SCc3ncnn3C)n2-c2ccccc2C(C)C)cc1. The molecule has 0 atom stereocenters. The second-order valence-electron chi connectivity index (χ2n) is 7.17. The standard InChI is InChI=1S/C22H24N6OS/c1-15(2)18-7-5-6-8-19(18)28-21(16-9-11-17(29-4)12-10-16)25-26-22(28)30-13-20-23-14-24-27(20)3/h5-12,14-15H,13H2,1-4H3. The molecule has 154 valence electrons. The van der Waals surface area contributed by atoms with Crippen LogP contribution in [0.1, 0.15) is 31.2 Å². The number of rotatable bonds is 7. The molecule has 8 heteroatoms. The van der Waals surface area contributed by atoms with Gasteiger partial charge in [-0.15, -0.1) is 10.2 Å². The summed E-state index contributed by atoms with van der Waals surface area (Å²) in [6.45, 7) is 4.39. The van der Waals surface area contributed by atoms with Crippen LogP contribution in [0.3, 0.4) is 0 Å². The first-order valence-electron chi connectivity index (χ1n) is 9.73. The molecule has 30 heavy (non-hydrogen) atoms. The van der Waals surface area contributed by atoms with Gasteiger partial charge in [0.05, 0.1) is 18.6 Å². The first-order valence-corrected chi connectivity index (χ1v) is 10.7. The fourth-order valence-corrected chi connectivity index (χ4v) is 4.20. The van der Waals surface area contributed by atoms with Gasteiger partial charge in [-0.25, -0.2) is 4.98 Å². The van der Waals surface area contributed by atoms with E-state index in [9.17, 15) is 0 Å². The van der Waals surface area contributed by atoms with Gasteiger partial charge in [-0.2, -0.15) is 5.10 Å². The van der Waals surface area contributed by atoms with Crippen LogP contribution in [0.2, 0.25) is 0 Å². The van der Waals surface area contributed by atoms with Crippen molar-refractivity contribution in [3.05, 3.63) is 66.2 Å². The molecule has 4 aromatic rings. The lowest BCUT2D eigenvalue weighted by molar-refractivity contribution is 0.415. The molecule has 0 radical (unpaired) electrons. The highest BCUT2D eigenvalue weighted by Gasteiger charge is 2.20. The fraction of sp³-hybridized carbons (Fsp3) is 0.273. The highest BCUT2D eigenvalue weighted by Crippen LogP contribution is 2.33. The fourth-order valence-electron chi connectivity index (χ4n) is 3.27. The van der Waals surface area contributed by atoms with Crippen LogP contribution in [0.5, 0.6) is 5.75 Å². The van der Waals surface area contributed by atoms with Gasteiger partial charge in [0.2, 0.25) is 0 Å². The predicted octanol–water partition coefficient (Wildman–Crippen LogP) is 4.49. The lowest BCUT2D eigenvalue weighted by Gasteiger charge is -2.17. The Morgan fingerprint density at radius 2 is 1.80 bits per heavy atom. The Hall–Kier alpha value is -3.13. The van der Waals surface area contributed by atoms with Crippen LogP contribution in [0.25, 0.3) is 17.1 Å². The molecule has 0 fully saturated rings. The van der Waals surface area contributed by atoms with Crippen molar-refractivity contribution in [2.45, 2.75) is 30.7 Å². The maximum atomic E-state index is 5.30. The van der Waals surface area contributed by atoms with Crippen LogP contribution in [0, 0.1) is 0 Å². The van der Waals surface area contributed by atoms with Crippen LogP contribution in [-0.4, -0.2) is 36.6 Å². The van der Waals surface area contributed by atoms with Gasteiger partial charge in [0.25, 0.3) is 0 Å². The van der Waals surface area contributed by atoms with Crippen LogP contribution in [0.4, 0.5) is 0 Å². The Labute approximate surface area is 180 Å². The summed E-state index contributed by atoms with van der Waals surface area (Å²) >= 11 is 1.60. The van der Waals surface area contributed by atoms with Crippen molar-refractivity contribution in [1.29, 1.82) is 0 Å². The van der Waals surface area contributed by atoms with E-state index in [1.165, 1.54) is 5.56 Å². The average molecular weight is 421 g/mol. The smallest absolute Gasteiger partial charge is 0.196 e. The molecular weight excluding hydrogens is 396 g/mol. The summed E-state index contributed by atoms with van der Waals surface area (Å²) in [5, 5.41) is 14.0. The third kappa shape index (κ3) is 3.95. The minimum Gasteiger partial charge on any atom is -0.497 e. The summed E-state index contributed by atoms with van der Waals surface area (Å²) in [5.41, 5.74) is 3.31. The number of hydrogen-bond acceptors (Lipinski definition) is 6. The Morgan fingerprint density at radius 1 is 1.03 bits per heavy atom. The van der Waals surface area contributed by atoms with Crippen molar-refractivity contribution in [1.82, 2.24) is 29.5 Å². The summed E-state index contributed by atoms with van der Waals surface area (Å²) in [6.07, 6.45) is 1.57. The van der Waals surface area contributed by atoms with Crippen molar-refractivity contribution >= 4 is 11.8 Å². The number of nitrogens with zero attached hydrogens (tertiary/aromatic N) is 6. The van der Waals surface area contributed by atoms with Gasteiger partial charge < -0.3 is 4.74 Å². The Bertz CT molecular complexity index is 1130. The van der Waals surface area contributed by atoms with Gasteiger partial charge >= 0.3 is 0 Å². The molecule has 0 N–H and O–H groups in total. The number of benzene rings is 2. The lowest BCUT2D eigenvalue weighted by Crippen LogP contribution is -2.05. The quantitative estimate of drug-likeness (QED) is 0.410. The summed E-state index contributed by atoms with van der Waals surface area (Å²) in [6, 6.07) is 16.3. The maximum Gasteiger partial charge on any atom is 0.196 e. The largest absolute Gasteiger partial charge is 0.497 e. The van der Waals surface area contributed by atoms with E-state index in [-0.39, 0.29) is 0 Å². The topological polar surface area (TPSA) is 70.7 Å².